The summed E-state index contributed by atoms with van der Waals surface area (Å²) in [5.41, 5.74) is 1.89. The summed E-state index contributed by atoms with van der Waals surface area (Å²) in [5.74, 6) is 5.84. The molecule has 0 saturated heterocycles. The first-order chi connectivity index (χ1) is 9.26. The predicted molar refractivity (Wildman–Crippen MR) is 75.6 cm³/mol. The fourth-order valence-electron chi connectivity index (χ4n) is 1.46. The quantitative estimate of drug-likeness (QED) is 0.705. The van der Waals surface area contributed by atoms with Crippen LogP contribution in [-0.2, 0) is 6.54 Å². The molecule has 19 heavy (non-hydrogen) atoms. The molecule has 2 amide bonds. The van der Waals surface area contributed by atoms with Crippen LogP contribution in [0.3, 0.4) is 0 Å². The molecule has 0 aliphatic heterocycles. The van der Waals surface area contributed by atoms with Crippen molar-refractivity contribution >= 4 is 6.03 Å². The highest BCUT2D eigenvalue weighted by molar-refractivity contribution is 5.73. The maximum Gasteiger partial charge on any atom is 0.315 e. The number of rotatable bonds is 5. The third kappa shape index (κ3) is 6.49. The molecule has 0 aliphatic rings. The number of urea groups is 1. The third-order valence-electron chi connectivity index (χ3n) is 2.39. The zero-order valence-electron chi connectivity index (χ0n) is 11.2. The molecule has 0 aromatic heterocycles. The molecule has 4 nitrogen and oxygen atoms in total. The summed E-state index contributed by atoms with van der Waals surface area (Å²) in [5, 5.41) is 14.2. The molecule has 0 unspecified atom stereocenters. The second kappa shape index (κ2) is 9.01. The molecule has 102 valence electrons. The van der Waals surface area contributed by atoms with Crippen LogP contribution in [0.15, 0.2) is 24.3 Å². The first-order valence-electron chi connectivity index (χ1n) is 6.46. The van der Waals surface area contributed by atoms with Gasteiger partial charge in [-0.25, -0.2) is 4.79 Å². The Morgan fingerprint density at radius 2 is 2.21 bits per heavy atom. The lowest BCUT2D eigenvalue weighted by atomic mass is 10.1. The van der Waals surface area contributed by atoms with Crippen LogP contribution in [-0.4, -0.2) is 24.3 Å². The van der Waals surface area contributed by atoms with Gasteiger partial charge in [-0.3, -0.25) is 0 Å². The highest BCUT2D eigenvalue weighted by Crippen LogP contribution is 2.03. The Morgan fingerprint density at radius 1 is 1.37 bits per heavy atom. The number of aliphatic hydroxyl groups is 1. The van der Waals surface area contributed by atoms with Crippen LogP contribution >= 0.6 is 0 Å². The minimum Gasteiger partial charge on any atom is -0.395 e. The highest BCUT2D eigenvalue weighted by atomic mass is 16.2. The van der Waals surface area contributed by atoms with Crippen molar-refractivity contribution in [2.24, 2.45) is 0 Å². The van der Waals surface area contributed by atoms with Crippen molar-refractivity contribution in [1.29, 1.82) is 0 Å². The van der Waals surface area contributed by atoms with E-state index < -0.39 is 0 Å². The molecule has 3 N–H and O–H groups in total. The molecule has 1 rings (SSSR count). The Hall–Kier alpha value is -1.99. The molecule has 0 saturated carbocycles. The van der Waals surface area contributed by atoms with Gasteiger partial charge in [0.1, 0.15) is 0 Å². The largest absolute Gasteiger partial charge is 0.395 e. The van der Waals surface area contributed by atoms with Crippen molar-refractivity contribution in [3.05, 3.63) is 35.4 Å². The van der Waals surface area contributed by atoms with Gasteiger partial charge in [-0.05, 0) is 24.1 Å². The van der Waals surface area contributed by atoms with Gasteiger partial charge in [0.15, 0.2) is 0 Å². The van der Waals surface area contributed by atoms with Gasteiger partial charge in [0, 0.05) is 25.1 Å². The predicted octanol–water partition coefficient (Wildman–Crippen LogP) is 1.63. The number of benzene rings is 1. The molecule has 0 heterocycles. The Bertz CT molecular complexity index is 461. The van der Waals surface area contributed by atoms with Crippen molar-refractivity contribution in [2.45, 2.75) is 26.3 Å². The van der Waals surface area contributed by atoms with Gasteiger partial charge < -0.3 is 15.7 Å². The summed E-state index contributed by atoms with van der Waals surface area (Å²) in [6.07, 6.45) is 1.39. The van der Waals surface area contributed by atoms with E-state index >= 15 is 0 Å². The SMILES string of the molecule is CCCNC(=O)NCc1cccc(C#CCCO)c1. The van der Waals surface area contributed by atoms with E-state index in [1.165, 1.54) is 0 Å². The summed E-state index contributed by atoms with van der Waals surface area (Å²) in [6.45, 7) is 3.24. The third-order valence-corrected chi connectivity index (χ3v) is 2.39. The van der Waals surface area contributed by atoms with E-state index in [0.29, 0.717) is 19.5 Å². The molecular weight excluding hydrogens is 240 g/mol. The van der Waals surface area contributed by atoms with Crippen LogP contribution in [0.25, 0.3) is 0 Å². The van der Waals surface area contributed by atoms with Crippen LogP contribution in [0.4, 0.5) is 4.79 Å². The molecule has 0 spiro atoms. The van der Waals surface area contributed by atoms with Crippen LogP contribution < -0.4 is 10.6 Å². The molecule has 0 aliphatic carbocycles. The van der Waals surface area contributed by atoms with E-state index in [1.54, 1.807) is 0 Å². The Morgan fingerprint density at radius 3 is 2.95 bits per heavy atom. The summed E-state index contributed by atoms with van der Waals surface area (Å²) in [7, 11) is 0. The van der Waals surface area contributed by atoms with E-state index in [9.17, 15) is 4.79 Å². The molecule has 0 bridgehead atoms. The number of carbonyl (C=O) groups excluding carboxylic acids is 1. The fraction of sp³-hybridized carbons (Fsp3) is 0.400. The topological polar surface area (TPSA) is 61.4 Å². The lowest BCUT2D eigenvalue weighted by Crippen LogP contribution is -2.35. The number of aliphatic hydroxyl groups excluding tert-OH is 1. The van der Waals surface area contributed by atoms with Crippen molar-refractivity contribution in [3.8, 4) is 11.8 Å². The smallest absolute Gasteiger partial charge is 0.315 e. The van der Waals surface area contributed by atoms with Crippen molar-refractivity contribution in [3.63, 3.8) is 0 Å². The molecular formula is C15H20N2O2. The van der Waals surface area contributed by atoms with Gasteiger partial charge in [0.2, 0.25) is 0 Å². The number of amides is 2. The van der Waals surface area contributed by atoms with Crippen LogP contribution in [0, 0.1) is 11.8 Å². The first-order valence-corrected chi connectivity index (χ1v) is 6.46. The summed E-state index contributed by atoms with van der Waals surface area (Å²) >= 11 is 0. The van der Waals surface area contributed by atoms with Crippen LogP contribution in [0.5, 0.6) is 0 Å². The van der Waals surface area contributed by atoms with E-state index in [-0.39, 0.29) is 12.6 Å². The van der Waals surface area contributed by atoms with Crippen molar-refractivity contribution < 1.29 is 9.90 Å². The van der Waals surface area contributed by atoms with Crippen molar-refractivity contribution in [2.75, 3.05) is 13.2 Å². The fourth-order valence-corrected chi connectivity index (χ4v) is 1.46. The lowest BCUT2D eigenvalue weighted by molar-refractivity contribution is 0.240. The summed E-state index contributed by atoms with van der Waals surface area (Å²) in [4.78, 5) is 11.4. The van der Waals surface area contributed by atoms with Crippen LogP contribution in [0.1, 0.15) is 30.9 Å². The van der Waals surface area contributed by atoms with Crippen LogP contribution in [0.2, 0.25) is 0 Å². The average molecular weight is 260 g/mol. The minimum absolute atomic E-state index is 0.0752. The average Bonchev–Trinajstić information content (AvgIpc) is 2.44. The monoisotopic (exact) mass is 260 g/mol. The first kappa shape index (κ1) is 15.1. The normalized spacial score (nSPS) is 9.37. The second-order valence-electron chi connectivity index (χ2n) is 4.09. The minimum atomic E-state index is -0.154. The zero-order chi connectivity index (χ0) is 13.9. The van der Waals surface area contributed by atoms with Gasteiger partial charge in [0.05, 0.1) is 6.61 Å². The van der Waals surface area contributed by atoms with E-state index in [4.69, 9.17) is 5.11 Å². The van der Waals surface area contributed by atoms with E-state index in [2.05, 4.69) is 22.5 Å². The van der Waals surface area contributed by atoms with Crippen molar-refractivity contribution in [1.82, 2.24) is 10.6 Å². The van der Waals surface area contributed by atoms with E-state index in [0.717, 1.165) is 17.5 Å². The molecule has 0 fully saturated rings. The number of hydrogen-bond donors (Lipinski definition) is 3. The Labute approximate surface area is 114 Å². The molecule has 0 radical (unpaired) electrons. The lowest BCUT2D eigenvalue weighted by Gasteiger charge is -2.06. The number of nitrogens with one attached hydrogen (secondary N) is 2. The maximum absolute atomic E-state index is 11.4. The molecule has 1 aromatic carbocycles. The van der Waals surface area contributed by atoms with Gasteiger partial charge in [-0.15, -0.1) is 0 Å². The van der Waals surface area contributed by atoms with E-state index in [1.807, 2.05) is 31.2 Å². The molecule has 4 heteroatoms. The van der Waals surface area contributed by atoms with Gasteiger partial charge in [-0.1, -0.05) is 30.9 Å². The molecule has 0 atom stereocenters. The van der Waals surface area contributed by atoms with Gasteiger partial charge in [-0.2, -0.15) is 0 Å². The highest BCUT2D eigenvalue weighted by Gasteiger charge is 1.99. The maximum atomic E-state index is 11.4. The summed E-state index contributed by atoms with van der Waals surface area (Å²) < 4.78 is 0. The summed E-state index contributed by atoms with van der Waals surface area (Å²) in [6, 6.07) is 7.54. The number of carbonyl (C=O) groups is 1. The Kier molecular flexibility index (Phi) is 7.14. The number of hydrogen-bond acceptors (Lipinski definition) is 2. The van der Waals surface area contributed by atoms with Gasteiger partial charge >= 0.3 is 6.03 Å². The molecule has 1 aromatic rings. The zero-order valence-corrected chi connectivity index (χ0v) is 11.2. The standard InChI is InChI=1S/C15H20N2O2/c1-2-9-16-15(19)17-12-14-8-5-7-13(11-14)6-3-4-10-18/h5,7-8,11,18H,2,4,9-10,12H2,1H3,(H2,16,17,19). The Balaban J connectivity index is 2.49. The second-order valence-corrected chi connectivity index (χ2v) is 4.09. The van der Waals surface area contributed by atoms with Gasteiger partial charge in [0.25, 0.3) is 0 Å².